The Kier molecular flexibility index (Phi) is 8.45. The predicted molar refractivity (Wildman–Crippen MR) is 121 cm³/mol. The Morgan fingerprint density at radius 2 is 1.32 bits per heavy atom. The van der Waals surface area contributed by atoms with Crippen LogP contribution in [0.1, 0.15) is 77.2 Å². The Hall–Kier alpha value is -1.76. The molecule has 0 N–H and O–H groups in total. The number of rotatable bonds is 10. The number of ether oxygens (including phenoxy) is 1. The lowest BCUT2D eigenvalue weighted by Gasteiger charge is -2.28. The summed E-state index contributed by atoms with van der Waals surface area (Å²) in [4.78, 5) is 0. The van der Waals surface area contributed by atoms with Gasteiger partial charge >= 0.3 is 0 Å². The van der Waals surface area contributed by atoms with E-state index < -0.39 is 0 Å². The fraction of sp³-hybridized carbons (Fsp3) is 0.556. The monoisotopic (exact) mass is 378 g/mol. The van der Waals surface area contributed by atoms with Gasteiger partial charge in [0.05, 0.1) is 6.61 Å². The quantitative estimate of drug-likeness (QED) is 0.380. The smallest absolute Gasteiger partial charge is 0.119 e. The first-order valence-electron chi connectivity index (χ1n) is 11.6. The first kappa shape index (κ1) is 21.0. The van der Waals surface area contributed by atoms with E-state index in [-0.39, 0.29) is 0 Å². The van der Waals surface area contributed by atoms with Crippen molar-refractivity contribution < 1.29 is 4.74 Å². The van der Waals surface area contributed by atoms with E-state index in [9.17, 15) is 0 Å². The van der Waals surface area contributed by atoms with Crippen LogP contribution in [0.25, 0.3) is 11.1 Å². The average molecular weight is 379 g/mol. The van der Waals surface area contributed by atoms with Crippen molar-refractivity contribution in [3.63, 3.8) is 0 Å². The van der Waals surface area contributed by atoms with Gasteiger partial charge in [-0.3, -0.25) is 0 Å². The molecule has 0 radical (unpaired) electrons. The Morgan fingerprint density at radius 3 is 1.93 bits per heavy atom. The zero-order chi connectivity index (χ0) is 19.6. The van der Waals surface area contributed by atoms with Crippen molar-refractivity contribution in [2.75, 3.05) is 6.61 Å². The van der Waals surface area contributed by atoms with E-state index in [0.717, 1.165) is 30.6 Å². The summed E-state index contributed by atoms with van der Waals surface area (Å²) in [5.74, 6) is 2.73. The second-order valence-corrected chi connectivity index (χ2v) is 8.66. The molecular weight excluding hydrogens is 340 g/mol. The molecule has 0 amide bonds. The predicted octanol–water partition coefficient (Wildman–Crippen LogP) is 8.07. The van der Waals surface area contributed by atoms with Crippen molar-refractivity contribution in [3.8, 4) is 16.9 Å². The highest BCUT2D eigenvalue weighted by Gasteiger charge is 2.21. The molecule has 1 aliphatic rings. The summed E-state index contributed by atoms with van der Waals surface area (Å²) in [5.41, 5.74) is 3.97. The maximum atomic E-state index is 6.12. The summed E-state index contributed by atoms with van der Waals surface area (Å²) < 4.78 is 6.12. The molecular formula is C27H38O. The molecule has 0 unspecified atom stereocenters. The van der Waals surface area contributed by atoms with Gasteiger partial charge in [0.25, 0.3) is 0 Å². The van der Waals surface area contributed by atoms with Gasteiger partial charge in [0.1, 0.15) is 5.75 Å². The molecule has 1 nitrogen and oxygen atoms in total. The van der Waals surface area contributed by atoms with Crippen molar-refractivity contribution in [3.05, 3.63) is 54.1 Å². The van der Waals surface area contributed by atoms with Crippen molar-refractivity contribution >= 4 is 0 Å². The van der Waals surface area contributed by atoms with Crippen LogP contribution in [0.5, 0.6) is 5.75 Å². The topological polar surface area (TPSA) is 9.23 Å². The normalized spacial score (nSPS) is 19.5. The largest absolute Gasteiger partial charge is 0.493 e. The van der Waals surface area contributed by atoms with E-state index in [1.165, 1.54) is 74.5 Å². The van der Waals surface area contributed by atoms with Crippen molar-refractivity contribution in [1.29, 1.82) is 0 Å². The zero-order valence-electron chi connectivity index (χ0n) is 18.0. The van der Waals surface area contributed by atoms with Crippen LogP contribution in [0.3, 0.4) is 0 Å². The minimum absolute atomic E-state index is 0.744. The van der Waals surface area contributed by atoms with E-state index in [1.54, 1.807) is 0 Å². The Bertz CT molecular complexity index is 662. The third kappa shape index (κ3) is 6.40. The van der Waals surface area contributed by atoms with Crippen LogP contribution in [0.15, 0.2) is 48.5 Å². The first-order chi connectivity index (χ1) is 13.8. The lowest BCUT2D eigenvalue weighted by molar-refractivity contribution is 0.177. The molecule has 0 spiro atoms. The fourth-order valence-electron chi connectivity index (χ4n) is 4.48. The van der Waals surface area contributed by atoms with E-state index >= 15 is 0 Å². The summed E-state index contributed by atoms with van der Waals surface area (Å²) in [6.07, 6.45) is 13.5. The zero-order valence-corrected chi connectivity index (χ0v) is 18.0. The van der Waals surface area contributed by atoms with Crippen LogP contribution >= 0.6 is 0 Å². The molecule has 3 rings (SSSR count). The van der Waals surface area contributed by atoms with Crippen molar-refractivity contribution in [2.24, 2.45) is 11.8 Å². The number of benzene rings is 2. The van der Waals surface area contributed by atoms with Gasteiger partial charge in [-0.15, -0.1) is 0 Å². The first-order valence-corrected chi connectivity index (χ1v) is 11.6. The highest BCUT2D eigenvalue weighted by Crippen LogP contribution is 2.32. The van der Waals surface area contributed by atoms with Gasteiger partial charge in [-0.25, -0.2) is 0 Å². The minimum atomic E-state index is 0.744. The van der Waals surface area contributed by atoms with Gasteiger partial charge in [-0.05, 0) is 59.9 Å². The highest BCUT2D eigenvalue weighted by molar-refractivity contribution is 5.64. The summed E-state index contributed by atoms with van der Waals surface area (Å²) in [7, 11) is 0. The van der Waals surface area contributed by atoms with Crippen LogP contribution in [0.4, 0.5) is 0 Å². The maximum Gasteiger partial charge on any atom is 0.119 e. The van der Waals surface area contributed by atoms with Gasteiger partial charge in [0.2, 0.25) is 0 Å². The summed E-state index contributed by atoms with van der Waals surface area (Å²) in [6.45, 7) is 5.41. The molecule has 0 saturated heterocycles. The second-order valence-electron chi connectivity index (χ2n) is 8.66. The average Bonchev–Trinajstić information content (AvgIpc) is 2.75. The Labute approximate surface area is 172 Å². The summed E-state index contributed by atoms with van der Waals surface area (Å²) in [5, 5.41) is 0. The van der Waals surface area contributed by atoms with E-state index in [2.05, 4.69) is 62.4 Å². The van der Waals surface area contributed by atoms with Crippen LogP contribution in [-0.4, -0.2) is 6.61 Å². The summed E-state index contributed by atoms with van der Waals surface area (Å²) in [6, 6.07) is 17.6. The molecule has 0 aromatic heterocycles. The van der Waals surface area contributed by atoms with Crippen molar-refractivity contribution in [1.82, 2.24) is 0 Å². The number of aryl methyl sites for hydroxylation is 1. The molecule has 2 aromatic rings. The lowest BCUT2D eigenvalue weighted by Crippen LogP contribution is -2.20. The van der Waals surface area contributed by atoms with Crippen LogP contribution < -0.4 is 4.74 Å². The van der Waals surface area contributed by atoms with E-state index in [4.69, 9.17) is 4.74 Å². The molecule has 1 saturated carbocycles. The molecule has 0 bridgehead atoms. The minimum Gasteiger partial charge on any atom is -0.493 e. The number of unbranched alkanes of at least 4 members (excludes halogenated alkanes) is 2. The van der Waals surface area contributed by atoms with Gasteiger partial charge in [0, 0.05) is 0 Å². The molecule has 2 aromatic carbocycles. The molecule has 152 valence electrons. The molecule has 0 heterocycles. The lowest BCUT2D eigenvalue weighted by atomic mass is 9.80. The van der Waals surface area contributed by atoms with Gasteiger partial charge in [-0.2, -0.15) is 0 Å². The van der Waals surface area contributed by atoms with Gasteiger partial charge in [0.15, 0.2) is 0 Å². The molecule has 1 aliphatic carbocycles. The number of hydrogen-bond donors (Lipinski definition) is 0. The third-order valence-corrected chi connectivity index (χ3v) is 6.35. The molecule has 0 aliphatic heterocycles. The maximum absolute atomic E-state index is 6.12. The molecule has 0 atom stereocenters. The summed E-state index contributed by atoms with van der Waals surface area (Å²) >= 11 is 0. The fourth-order valence-corrected chi connectivity index (χ4v) is 4.48. The molecule has 28 heavy (non-hydrogen) atoms. The van der Waals surface area contributed by atoms with Crippen LogP contribution in [0, 0.1) is 11.8 Å². The second kappa shape index (κ2) is 11.3. The third-order valence-electron chi connectivity index (χ3n) is 6.35. The van der Waals surface area contributed by atoms with Gasteiger partial charge < -0.3 is 4.74 Å². The highest BCUT2D eigenvalue weighted by atomic mass is 16.5. The SMILES string of the molecule is CCCCCC1CCC(COc2ccc(-c3ccc(CCC)cc3)cc2)CC1. The van der Waals surface area contributed by atoms with Crippen LogP contribution in [-0.2, 0) is 6.42 Å². The van der Waals surface area contributed by atoms with Crippen LogP contribution in [0.2, 0.25) is 0 Å². The Morgan fingerprint density at radius 1 is 0.714 bits per heavy atom. The number of hydrogen-bond acceptors (Lipinski definition) is 1. The Balaban J connectivity index is 1.42. The molecule has 1 fully saturated rings. The van der Waals surface area contributed by atoms with Gasteiger partial charge in [-0.1, -0.05) is 95.2 Å². The standard InChI is InChI=1S/C27H38O/c1-3-5-6-8-23-9-11-24(12-10-23)21-28-27-19-17-26(18-20-27)25-15-13-22(7-4-2)14-16-25/h13-20,23-24H,3-12,21H2,1-2H3. The van der Waals surface area contributed by atoms with E-state index in [1.807, 2.05) is 0 Å². The van der Waals surface area contributed by atoms with E-state index in [0.29, 0.717) is 0 Å². The molecule has 1 heteroatoms. The van der Waals surface area contributed by atoms with Crippen molar-refractivity contribution in [2.45, 2.75) is 78.1 Å².